The van der Waals surface area contributed by atoms with Crippen LogP contribution in [0.4, 0.5) is 0 Å². The molecule has 2 aliphatic carbocycles. The summed E-state index contributed by atoms with van der Waals surface area (Å²) in [5, 5.41) is 24.3. The standard InChI is InChI=1S/C15H21BrN2O2/c1-8-11-5-4-10-13(18(3)17-14(10)16)15(11,2)6-9(7-19)12(8)20/h7-8,11-12,19-20H,4-6H2,1-3H3/b9-7-/t8-,11-,12?,15-/m0/s1. The number of nitrogens with zero attached hydrogens (tertiary/aromatic N) is 2. The predicted molar refractivity (Wildman–Crippen MR) is 80.6 cm³/mol. The van der Waals surface area contributed by atoms with Crippen LogP contribution in [0.25, 0.3) is 0 Å². The van der Waals surface area contributed by atoms with Crippen LogP contribution >= 0.6 is 15.9 Å². The molecular formula is C15H21BrN2O2. The van der Waals surface area contributed by atoms with Crippen LogP contribution in [0.3, 0.4) is 0 Å². The molecule has 5 heteroatoms. The first kappa shape index (κ1) is 14.1. The van der Waals surface area contributed by atoms with E-state index in [1.807, 2.05) is 11.7 Å². The average molecular weight is 341 g/mol. The third-order valence-corrected chi connectivity index (χ3v) is 6.05. The Kier molecular flexibility index (Phi) is 3.25. The Morgan fingerprint density at radius 2 is 2.20 bits per heavy atom. The van der Waals surface area contributed by atoms with Crippen molar-refractivity contribution >= 4 is 15.9 Å². The second-order valence-corrected chi connectivity index (χ2v) is 7.24. The van der Waals surface area contributed by atoms with Crippen LogP contribution in [0, 0.1) is 11.8 Å². The van der Waals surface area contributed by atoms with Crippen molar-refractivity contribution in [3.8, 4) is 0 Å². The molecule has 1 unspecified atom stereocenters. The normalized spacial score (nSPS) is 38.6. The molecule has 3 rings (SSSR count). The van der Waals surface area contributed by atoms with E-state index in [2.05, 4.69) is 34.9 Å². The number of hydrogen-bond donors (Lipinski definition) is 2. The summed E-state index contributed by atoms with van der Waals surface area (Å²) in [5.74, 6) is 0.560. The van der Waals surface area contributed by atoms with Gasteiger partial charge in [0.15, 0.2) is 0 Å². The van der Waals surface area contributed by atoms with Crippen molar-refractivity contribution in [1.29, 1.82) is 0 Å². The second-order valence-electron chi connectivity index (χ2n) is 6.49. The van der Waals surface area contributed by atoms with Gasteiger partial charge in [-0.15, -0.1) is 0 Å². The van der Waals surface area contributed by atoms with E-state index in [4.69, 9.17) is 0 Å². The minimum absolute atomic E-state index is 0.0748. The van der Waals surface area contributed by atoms with E-state index < -0.39 is 6.10 Å². The van der Waals surface area contributed by atoms with Gasteiger partial charge in [0.25, 0.3) is 0 Å². The zero-order valence-electron chi connectivity index (χ0n) is 12.1. The van der Waals surface area contributed by atoms with Crippen LogP contribution in [0.1, 0.15) is 37.9 Å². The Morgan fingerprint density at radius 1 is 1.50 bits per heavy atom. The molecule has 110 valence electrons. The lowest BCUT2D eigenvalue weighted by Gasteiger charge is -2.50. The average Bonchev–Trinajstić information content (AvgIpc) is 2.70. The first-order valence-corrected chi connectivity index (χ1v) is 7.92. The van der Waals surface area contributed by atoms with Crippen molar-refractivity contribution in [2.45, 2.75) is 44.6 Å². The topological polar surface area (TPSA) is 58.3 Å². The molecular weight excluding hydrogens is 320 g/mol. The minimum atomic E-state index is -0.531. The van der Waals surface area contributed by atoms with Crippen LogP contribution < -0.4 is 0 Å². The van der Waals surface area contributed by atoms with E-state index in [9.17, 15) is 10.2 Å². The van der Waals surface area contributed by atoms with Crippen molar-refractivity contribution in [1.82, 2.24) is 9.78 Å². The molecule has 0 aliphatic heterocycles. The van der Waals surface area contributed by atoms with Crippen LogP contribution in [0.5, 0.6) is 0 Å². The molecule has 20 heavy (non-hydrogen) atoms. The summed E-state index contributed by atoms with van der Waals surface area (Å²) in [6.07, 6.45) is 3.32. The van der Waals surface area contributed by atoms with Gasteiger partial charge in [-0.05, 0) is 52.6 Å². The summed E-state index contributed by atoms with van der Waals surface area (Å²) in [4.78, 5) is 0. The molecule has 2 aliphatic rings. The number of aliphatic hydroxyl groups excluding tert-OH is 2. The molecule has 0 aromatic carbocycles. The molecule has 2 N–H and O–H groups in total. The van der Waals surface area contributed by atoms with Gasteiger partial charge in [-0.1, -0.05) is 13.8 Å². The SMILES string of the molecule is C[C@@H]1C(O)/C(=C\O)C[C@]2(C)c3c(c(Br)nn3C)CC[C@@H]12. The van der Waals surface area contributed by atoms with E-state index >= 15 is 0 Å². The highest BCUT2D eigenvalue weighted by Gasteiger charge is 2.51. The molecule has 0 saturated heterocycles. The number of halogens is 1. The lowest BCUT2D eigenvalue weighted by molar-refractivity contribution is 0.0271. The number of fused-ring (bicyclic) bond motifs is 3. The van der Waals surface area contributed by atoms with Gasteiger partial charge >= 0.3 is 0 Å². The Hall–Kier alpha value is -0.810. The van der Waals surface area contributed by atoms with Gasteiger partial charge in [0.05, 0.1) is 12.4 Å². The van der Waals surface area contributed by atoms with Gasteiger partial charge in [-0.25, -0.2) is 0 Å². The number of rotatable bonds is 0. The summed E-state index contributed by atoms with van der Waals surface area (Å²) >= 11 is 3.56. The molecule has 1 fully saturated rings. The van der Waals surface area contributed by atoms with Gasteiger partial charge < -0.3 is 10.2 Å². The minimum Gasteiger partial charge on any atom is -0.516 e. The Balaban J connectivity index is 2.16. The van der Waals surface area contributed by atoms with Crippen molar-refractivity contribution < 1.29 is 10.2 Å². The van der Waals surface area contributed by atoms with Crippen molar-refractivity contribution in [3.63, 3.8) is 0 Å². The van der Waals surface area contributed by atoms with Gasteiger partial charge in [-0.2, -0.15) is 5.10 Å². The molecule has 4 nitrogen and oxygen atoms in total. The maximum atomic E-state index is 10.4. The lowest BCUT2D eigenvalue weighted by atomic mass is 9.55. The van der Waals surface area contributed by atoms with Gasteiger partial charge in [-0.3, -0.25) is 4.68 Å². The Labute approximate surface area is 127 Å². The highest BCUT2D eigenvalue weighted by Crippen LogP contribution is 2.54. The third kappa shape index (κ3) is 1.72. The number of aliphatic hydroxyl groups is 2. The van der Waals surface area contributed by atoms with Crippen LogP contribution in [0.15, 0.2) is 16.4 Å². The highest BCUT2D eigenvalue weighted by molar-refractivity contribution is 9.10. The number of aromatic nitrogens is 2. The van der Waals surface area contributed by atoms with Crippen LogP contribution in [-0.2, 0) is 18.9 Å². The lowest BCUT2D eigenvalue weighted by Crippen LogP contribution is -2.50. The zero-order valence-corrected chi connectivity index (χ0v) is 13.7. The summed E-state index contributed by atoms with van der Waals surface area (Å²) in [7, 11) is 1.98. The summed E-state index contributed by atoms with van der Waals surface area (Å²) < 4.78 is 2.90. The van der Waals surface area contributed by atoms with E-state index in [0.29, 0.717) is 12.3 Å². The van der Waals surface area contributed by atoms with E-state index in [1.54, 1.807) is 0 Å². The summed E-state index contributed by atoms with van der Waals surface area (Å²) in [6.45, 7) is 4.34. The molecule has 0 radical (unpaired) electrons. The Morgan fingerprint density at radius 3 is 2.85 bits per heavy atom. The third-order valence-electron chi connectivity index (χ3n) is 5.41. The van der Waals surface area contributed by atoms with E-state index in [-0.39, 0.29) is 11.3 Å². The monoisotopic (exact) mass is 340 g/mol. The molecule has 0 spiro atoms. The fraction of sp³-hybridized carbons (Fsp3) is 0.667. The molecule has 0 bridgehead atoms. The van der Waals surface area contributed by atoms with Crippen molar-refractivity contribution in [2.75, 3.05) is 0 Å². The van der Waals surface area contributed by atoms with Gasteiger partial charge in [0.1, 0.15) is 4.60 Å². The number of aryl methyl sites for hydroxylation is 1. The quantitative estimate of drug-likeness (QED) is 0.714. The predicted octanol–water partition coefficient (Wildman–Crippen LogP) is 2.85. The molecule has 1 heterocycles. The maximum Gasteiger partial charge on any atom is 0.131 e. The van der Waals surface area contributed by atoms with E-state index in [0.717, 1.165) is 29.3 Å². The fourth-order valence-corrected chi connectivity index (χ4v) is 5.16. The Bertz CT molecular complexity index is 581. The summed E-state index contributed by atoms with van der Waals surface area (Å²) in [6, 6.07) is 0. The molecule has 1 saturated carbocycles. The van der Waals surface area contributed by atoms with Gasteiger partial charge in [0, 0.05) is 23.7 Å². The highest BCUT2D eigenvalue weighted by atomic mass is 79.9. The maximum absolute atomic E-state index is 10.4. The number of hydrogen-bond acceptors (Lipinski definition) is 3. The molecule has 0 amide bonds. The first-order valence-electron chi connectivity index (χ1n) is 7.13. The fourth-order valence-electron chi connectivity index (χ4n) is 4.53. The van der Waals surface area contributed by atoms with Crippen molar-refractivity contribution in [2.24, 2.45) is 18.9 Å². The van der Waals surface area contributed by atoms with Gasteiger partial charge in [0.2, 0.25) is 0 Å². The molecule has 1 aromatic rings. The smallest absolute Gasteiger partial charge is 0.131 e. The first-order chi connectivity index (χ1) is 9.40. The summed E-state index contributed by atoms with van der Waals surface area (Å²) in [5.41, 5.74) is 3.20. The second kappa shape index (κ2) is 4.60. The van der Waals surface area contributed by atoms with Crippen LogP contribution in [-0.4, -0.2) is 26.1 Å². The van der Waals surface area contributed by atoms with E-state index in [1.165, 1.54) is 11.3 Å². The van der Waals surface area contributed by atoms with Crippen LogP contribution in [0.2, 0.25) is 0 Å². The largest absolute Gasteiger partial charge is 0.516 e. The molecule has 4 atom stereocenters. The molecule has 1 aromatic heterocycles. The van der Waals surface area contributed by atoms with Crippen molar-refractivity contribution in [3.05, 3.63) is 27.7 Å². The zero-order chi connectivity index (χ0) is 14.7.